The summed E-state index contributed by atoms with van der Waals surface area (Å²) in [6.07, 6.45) is 0. The second-order valence-corrected chi connectivity index (χ2v) is 13.1. The van der Waals surface area contributed by atoms with Gasteiger partial charge in [-0.15, -0.1) is 0 Å². The Morgan fingerprint density at radius 2 is 1.20 bits per heavy atom. The van der Waals surface area contributed by atoms with E-state index < -0.39 is 5.41 Å². The van der Waals surface area contributed by atoms with Crippen LogP contribution in [0.15, 0.2) is 155 Å². The van der Waals surface area contributed by atoms with Crippen LogP contribution < -0.4 is 0 Å². The molecule has 1 aliphatic carbocycles. The van der Waals surface area contributed by atoms with Gasteiger partial charge in [0.05, 0.1) is 28.1 Å². The largest absolute Gasteiger partial charge is 0.309 e. The molecule has 0 radical (unpaired) electrons. The SMILES string of the molecule is N#Cc1ccc(-n2c3cc4c(cc3c3c5ccccc5ccc32)C2(c3ccccc3S4)c3ccccc3-c3ccccc32)cc1. The summed E-state index contributed by atoms with van der Waals surface area (Å²) in [4.78, 5) is 2.57. The summed E-state index contributed by atoms with van der Waals surface area (Å²) >= 11 is 1.87. The maximum absolute atomic E-state index is 9.51. The van der Waals surface area contributed by atoms with Gasteiger partial charge in [-0.1, -0.05) is 109 Å². The molecule has 0 saturated carbocycles. The van der Waals surface area contributed by atoms with Gasteiger partial charge in [-0.05, 0) is 92.7 Å². The molecule has 0 bridgehead atoms. The highest BCUT2D eigenvalue weighted by Crippen LogP contribution is 2.62. The monoisotopic (exact) mass is 588 g/mol. The average Bonchev–Trinajstić information content (AvgIpc) is 3.58. The van der Waals surface area contributed by atoms with Gasteiger partial charge in [0.1, 0.15) is 0 Å². The number of hydrogen-bond donors (Lipinski definition) is 0. The molecule has 0 N–H and O–H groups in total. The topological polar surface area (TPSA) is 28.7 Å². The van der Waals surface area contributed by atoms with E-state index in [-0.39, 0.29) is 0 Å². The van der Waals surface area contributed by atoms with E-state index in [2.05, 4.69) is 144 Å². The predicted octanol–water partition coefficient (Wildman–Crippen LogP) is 10.6. The molecule has 0 fully saturated rings. The lowest BCUT2D eigenvalue weighted by atomic mass is 9.67. The Morgan fingerprint density at radius 1 is 0.533 bits per heavy atom. The van der Waals surface area contributed by atoms with Gasteiger partial charge in [0.15, 0.2) is 0 Å². The van der Waals surface area contributed by atoms with E-state index >= 15 is 0 Å². The van der Waals surface area contributed by atoms with Crippen LogP contribution in [-0.2, 0) is 5.41 Å². The second kappa shape index (κ2) is 8.99. The minimum atomic E-state index is -0.425. The van der Waals surface area contributed by atoms with Gasteiger partial charge < -0.3 is 4.57 Å². The summed E-state index contributed by atoms with van der Waals surface area (Å²) in [7, 11) is 0. The Balaban J connectivity index is 1.40. The van der Waals surface area contributed by atoms with Crippen LogP contribution in [0.5, 0.6) is 0 Å². The Hall–Kier alpha value is -5.56. The first-order chi connectivity index (χ1) is 22.3. The smallest absolute Gasteiger partial charge is 0.0991 e. The Morgan fingerprint density at radius 3 is 1.96 bits per heavy atom. The fourth-order valence-corrected chi connectivity index (χ4v) is 9.31. The lowest BCUT2D eigenvalue weighted by Crippen LogP contribution is -2.31. The van der Waals surface area contributed by atoms with Crippen molar-refractivity contribution in [1.82, 2.24) is 4.57 Å². The fraction of sp³-hybridized carbons (Fsp3) is 0.0238. The standard InChI is InChI=1S/C42H24N2S/c43-25-26-17-20-28(21-18-26)44-37-22-19-27-9-1-2-10-29(27)41(37)32-23-36-40(24-38(32)44)45-39-16-8-7-15-35(39)42(36)33-13-5-3-11-30(33)31-12-4-6-14-34(31)42/h1-24H. The summed E-state index contributed by atoms with van der Waals surface area (Å²) in [5, 5.41) is 14.5. The van der Waals surface area contributed by atoms with Gasteiger partial charge in [-0.25, -0.2) is 0 Å². The first-order valence-corrected chi connectivity index (χ1v) is 16.1. The maximum Gasteiger partial charge on any atom is 0.0991 e. The summed E-state index contributed by atoms with van der Waals surface area (Å²) < 4.78 is 2.38. The van der Waals surface area contributed by atoms with Crippen LogP contribution in [0, 0.1) is 11.3 Å². The highest BCUT2D eigenvalue weighted by molar-refractivity contribution is 7.99. The van der Waals surface area contributed by atoms with E-state index in [9.17, 15) is 5.26 Å². The number of benzene rings is 7. The summed E-state index contributed by atoms with van der Waals surface area (Å²) in [5.74, 6) is 0. The molecule has 1 spiro atoms. The van der Waals surface area contributed by atoms with Crippen molar-refractivity contribution in [2.75, 3.05) is 0 Å². The van der Waals surface area contributed by atoms with Crippen molar-refractivity contribution >= 4 is 44.3 Å². The third-order valence-corrected chi connectivity index (χ3v) is 11.0. The second-order valence-electron chi connectivity index (χ2n) is 12.0. The zero-order valence-corrected chi connectivity index (χ0v) is 25.0. The molecule has 0 unspecified atom stereocenters. The van der Waals surface area contributed by atoms with Crippen molar-refractivity contribution in [3.63, 3.8) is 0 Å². The molecule has 0 amide bonds. The van der Waals surface area contributed by atoms with E-state index in [0.29, 0.717) is 5.56 Å². The molecule has 208 valence electrons. The minimum Gasteiger partial charge on any atom is -0.309 e. The molecule has 8 aromatic rings. The summed E-state index contributed by atoms with van der Waals surface area (Å²) in [6.45, 7) is 0. The number of nitrogens with zero attached hydrogens (tertiary/aromatic N) is 2. The number of fused-ring (bicyclic) bond motifs is 14. The van der Waals surface area contributed by atoms with Gasteiger partial charge >= 0.3 is 0 Å². The van der Waals surface area contributed by atoms with Crippen LogP contribution in [0.2, 0.25) is 0 Å². The van der Waals surface area contributed by atoms with Crippen LogP contribution in [0.3, 0.4) is 0 Å². The van der Waals surface area contributed by atoms with E-state index in [0.717, 1.165) is 5.69 Å². The Bertz CT molecular complexity index is 2540. The summed E-state index contributed by atoms with van der Waals surface area (Å²) in [6, 6.07) is 55.3. The number of nitriles is 1. The molecule has 3 heteroatoms. The van der Waals surface area contributed by atoms with E-state index in [1.54, 1.807) is 0 Å². The van der Waals surface area contributed by atoms with Crippen molar-refractivity contribution in [2.45, 2.75) is 15.2 Å². The van der Waals surface area contributed by atoms with Crippen LogP contribution in [-0.4, -0.2) is 4.57 Å². The molecule has 7 aromatic carbocycles. The van der Waals surface area contributed by atoms with Gasteiger partial charge in [0.2, 0.25) is 0 Å². The fourth-order valence-electron chi connectivity index (χ4n) is 8.10. The number of rotatable bonds is 1. The van der Waals surface area contributed by atoms with Gasteiger partial charge in [0, 0.05) is 26.3 Å². The number of hydrogen-bond acceptors (Lipinski definition) is 2. The molecule has 45 heavy (non-hydrogen) atoms. The van der Waals surface area contributed by atoms with Crippen molar-refractivity contribution in [2.24, 2.45) is 0 Å². The Kier molecular flexibility index (Phi) is 4.96. The maximum atomic E-state index is 9.51. The molecule has 1 aromatic heterocycles. The van der Waals surface area contributed by atoms with E-state index in [4.69, 9.17) is 0 Å². The lowest BCUT2D eigenvalue weighted by Gasteiger charge is -2.39. The van der Waals surface area contributed by atoms with Crippen molar-refractivity contribution in [3.05, 3.63) is 173 Å². The molecule has 2 heterocycles. The van der Waals surface area contributed by atoms with E-state index in [1.807, 2.05) is 23.9 Å². The van der Waals surface area contributed by atoms with Crippen LogP contribution >= 0.6 is 11.8 Å². The van der Waals surface area contributed by atoms with Gasteiger partial charge in [0.25, 0.3) is 0 Å². The van der Waals surface area contributed by atoms with Gasteiger partial charge in [-0.2, -0.15) is 5.26 Å². The highest BCUT2D eigenvalue weighted by atomic mass is 32.2. The first-order valence-electron chi connectivity index (χ1n) is 15.2. The normalized spacial score (nSPS) is 13.8. The van der Waals surface area contributed by atoms with Gasteiger partial charge in [-0.3, -0.25) is 0 Å². The molecule has 1 aliphatic heterocycles. The molecular weight excluding hydrogens is 565 g/mol. The third-order valence-electron chi connectivity index (χ3n) is 9.88. The predicted molar refractivity (Wildman–Crippen MR) is 184 cm³/mol. The quantitative estimate of drug-likeness (QED) is 0.191. The van der Waals surface area contributed by atoms with Crippen LogP contribution in [0.1, 0.15) is 27.8 Å². The molecule has 2 aliphatic rings. The molecule has 10 rings (SSSR count). The number of aromatic nitrogens is 1. The van der Waals surface area contributed by atoms with E-state index in [1.165, 1.54) is 75.7 Å². The van der Waals surface area contributed by atoms with Crippen molar-refractivity contribution in [3.8, 4) is 22.9 Å². The minimum absolute atomic E-state index is 0.425. The van der Waals surface area contributed by atoms with Crippen LogP contribution in [0.4, 0.5) is 0 Å². The zero-order chi connectivity index (χ0) is 29.7. The molecule has 2 nitrogen and oxygen atoms in total. The van der Waals surface area contributed by atoms with Crippen LogP contribution in [0.25, 0.3) is 49.4 Å². The molecular formula is C42H24N2S. The highest BCUT2D eigenvalue weighted by Gasteiger charge is 2.50. The summed E-state index contributed by atoms with van der Waals surface area (Å²) in [5.41, 5.74) is 11.6. The first kappa shape index (κ1) is 24.8. The molecule has 0 atom stereocenters. The lowest BCUT2D eigenvalue weighted by molar-refractivity contribution is 0.724. The molecule has 0 saturated heterocycles. The Labute approximate surface area is 264 Å². The average molecular weight is 589 g/mol. The third kappa shape index (κ3) is 3.14. The van der Waals surface area contributed by atoms with Crippen molar-refractivity contribution < 1.29 is 0 Å². The van der Waals surface area contributed by atoms with Crippen molar-refractivity contribution in [1.29, 1.82) is 5.26 Å². The zero-order valence-electron chi connectivity index (χ0n) is 24.2.